The lowest BCUT2D eigenvalue weighted by atomic mass is 9.99. The third kappa shape index (κ3) is 3.09. The number of aryl methyl sites for hydroxylation is 1. The summed E-state index contributed by atoms with van der Waals surface area (Å²) in [5.74, 6) is 1.87. The molecule has 1 N–H and O–H groups in total. The average Bonchev–Trinajstić information content (AvgIpc) is 2.77. The van der Waals surface area contributed by atoms with Crippen LogP contribution in [0, 0.1) is 12.8 Å². The van der Waals surface area contributed by atoms with E-state index >= 15 is 0 Å². The molecular weight excluding hydrogens is 218 g/mol. The van der Waals surface area contributed by atoms with Crippen molar-refractivity contribution in [1.82, 2.24) is 5.32 Å². The molecule has 0 aromatic carbocycles. The van der Waals surface area contributed by atoms with Crippen molar-refractivity contribution >= 4 is 5.91 Å². The summed E-state index contributed by atoms with van der Waals surface area (Å²) in [4.78, 5) is 12.0. The Balaban J connectivity index is 1.89. The second kappa shape index (κ2) is 5.36. The largest absolute Gasteiger partial charge is 0.464 e. The highest BCUT2D eigenvalue weighted by molar-refractivity contribution is 5.79. The van der Waals surface area contributed by atoms with Crippen LogP contribution in [0.5, 0.6) is 0 Å². The molecule has 0 saturated carbocycles. The van der Waals surface area contributed by atoms with E-state index in [9.17, 15) is 4.79 Å². The molecule has 1 aromatic heterocycles. The van der Waals surface area contributed by atoms with Crippen molar-refractivity contribution in [2.24, 2.45) is 5.92 Å². The number of hydrogen-bond acceptors (Lipinski definition) is 3. The number of hydrogen-bond donors (Lipinski definition) is 1. The minimum Gasteiger partial charge on any atom is -0.464 e. The van der Waals surface area contributed by atoms with Crippen LogP contribution in [0.3, 0.4) is 0 Å². The van der Waals surface area contributed by atoms with Crippen molar-refractivity contribution in [3.63, 3.8) is 0 Å². The first-order valence-electron chi connectivity index (χ1n) is 6.11. The van der Waals surface area contributed by atoms with Crippen LogP contribution in [0.4, 0.5) is 0 Å². The van der Waals surface area contributed by atoms with Crippen molar-refractivity contribution in [3.05, 3.63) is 23.7 Å². The molecular formula is C13H19NO3. The van der Waals surface area contributed by atoms with Crippen molar-refractivity contribution in [2.75, 3.05) is 13.2 Å². The van der Waals surface area contributed by atoms with E-state index in [-0.39, 0.29) is 17.9 Å². The number of rotatable bonds is 3. The zero-order chi connectivity index (χ0) is 12.3. The van der Waals surface area contributed by atoms with Crippen LogP contribution in [-0.4, -0.2) is 19.1 Å². The molecule has 2 heterocycles. The third-order valence-corrected chi connectivity index (χ3v) is 3.14. The first kappa shape index (κ1) is 12.2. The molecule has 0 unspecified atom stereocenters. The van der Waals surface area contributed by atoms with Gasteiger partial charge in [0.2, 0.25) is 5.91 Å². The van der Waals surface area contributed by atoms with E-state index in [4.69, 9.17) is 9.15 Å². The Hall–Kier alpha value is -1.29. The van der Waals surface area contributed by atoms with Crippen LogP contribution in [0.15, 0.2) is 16.5 Å². The van der Waals surface area contributed by atoms with Gasteiger partial charge in [0.1, 0.15) is 11.5 Å². The number of carbonyl (C=O) groups is 1. The number of ether oxygens (including phenoxy) is 1. The van der Waals surface area contributed by atoms with E-state index in [2.05, 4.69) is 5.32 Å². The quantitative estimate of drug-likeness (QED) is 0.876. The highest BCUT2D eigenvalue weighted by Gasteiger charge is 2.23. The van der Waals surface area contributed by atoms with Gasteiger partial charge in [0, 0.05) is 19.1 Å². The summed E-state index contributed by atoms with van der Waals surface area (Å²) in [6.07, 6.45) is 1.63. The Morgan fingerprint density at radius 2 is 2.12 bits per heavy atom. The number of nitrogens with one attached hydrogen (secondary N) is 1. The molecule has 1 aromatic rings. The number of carbonyl (C=O) groups excluding carboxylic acids is 1. The van der Waals surface area contributed by atoms with E-state index in [0.717, 1.165) is 24.4 Å². The van der Waals surface area contributed by atoms with Crippen molar-refractivity contribution in [2.45, 2.75) is 32.7 Å². The predicted octanol–water partition coefficient (Wildman–Crippen LogP) is 2.19. The standard InChI is InChI=1S/C13H19NO3/c1-9-3-4-12(17-9)10(2)14-13(15)11-5-7-16-8-6-11/h3-4,10-11H,5-8H2,1-2H3,(H,14,15)/t10-/m1/s1. The summed E-state index contributed by atoms with van der Waals surface area (Å²) >= 11 is 0. The fourth-order valence-corrected chi connectivity index (χ4v) is 2.05. The van der Waals surface area contributed by atoms with Gasteiger partial charge in [-0.2, -0.15) is 0 Å². The summed E-state index contributed by atoms with van der Waals surface area (Å²) in [7, 11) is 0. The second-order valence-corrected chi connectivity index (χ2v) is 4.57. The monoisotopic (exact) mass is 237 g/mol. The smallest absolute Gasteiger partial charge is 0.223 e. The van der Waals surface area contributed by atoms with Crippen LogP contribution in [0.1, 0.15) is 37.3 Å². The van der Waals surface area contributed by atoms with Gasteiger partial charge in [-0.1, -0.05) is 0 Å². The molecule has 0 radical (unpaired) electrons. The van der Waals surface area contributed by atoms with Gasteiger partial charge < -0.3 is 14.5 Å². The molecule has 1 fully saturated rings. The van der Waals surface area contributed by atoms with Crippen LogP contribution in [0.25, 0.3) is 0 Å². The molecule has 94 valence electrons. The SMILES string of the molecule is Cc1ccc([C@@H](C)NC(=O)C2CCOCC2)o1. The van der Waals surface area contributed by atoms with Gasteiger partial charge in [-0.3, -0.25) is 4.79 Å². The van der Waals surface area contributed by atoms with E-state index in [1.807, 2.05) is 26.0 Å². The molecule has 4 nitrogen and oxygen atoms in total. The molecule has 0 aliphatic carbocycles. The summed E-state index contributed by atoms with van der Waals surface area (Å²) in [5.41, 5.74) is 0. The Bertz CT molecular complexity index is 380. The van der Waals surface area contributed by atoms with Crippen molar-refractivity contribution in [1.29, 1.82) is 0 Å². The maximum atomic E-state index is 12.0. The first-order valence-corrected chi connectivity index (χ1v) is 6.11. The molecule has 0 spiro atoms. The normalized spacial score (nSPS) is 18.9. The highest BCUT2D eigenvalue weighted by atomic mass is 16.5. The summed E-state index contributed by atoms with van der Waals surface area (Å²) in [6.45, 7) is 5.21. The topological polar surface area (TPSA) is 51.5 Å². The molecule has 0 bridgehead atoms. The minimum atomic E-state index is -0.0703. The van der Waals surface area contributed by atoms with Gasteiger partial charge in [-0.15, -0.1) is 0 Å². The highest BCUT2D eigenvalue weighted by Crippen LogP contribution is 2.19. The molecule has 1 atom stereocenters. The zero-order valence-corrected chi connectivity index (χ0v) is 10.4. The van der Waals surface area contributed by atoms with Gasteiger partial charge in [0.25, 0.3) is 0 Å². The molecule has 1 saturated heterocycles. The molecule has 1 amide bonds. The van der Waals surface area contributed by atoms with Gasteiger partial charge in [0.15, 0.2) is 0 Å². The Labute approximate surface area is 101 Å². The number of amides is 1. The lowest BCUT2D eigenvalue weighted by Gasteiger charge is -2.22. The second-order valence-electron chi connectivity index (χ2n) is 4.57. The first-order chi connectivity index (χ1) is 8.16. The maximum absolute atomic E-state index is 12.0. The number of furan rings is 1. The average molecular weight is 237 g/mol. The van der Waals surface area contributed by atoms with Gasteiger partial charge in [0.05, 0.1) is 6.04 Å². The molecule has 2 rings (SSSR count). The fourth-order valence-electron chi connectivity index (χ4n) is 2.05. The summed E-state index contributed by atoms with van der Waals surface area (Å²) < 4.78 is 10.7. The van der Waals surface area contributed by atoms with E-state index in [1.54, 1.807) is 0 Å². The molecule has 4 heteroatoms. The van der Waals surface area contributed by atoms with Gasteiger partial charge in [-0.25, -0.2) is 0 Å². The zero-order valence-electron chi connectivity index (χ0n) is 10.4. The van der Waals surface area contributed by atoms with Crippen LogP contribution in [0.2, 0.25) is 0 Å². The lowest BCUT2D eigenvalue weighted by molar-refractivity contribution is -0.128. The van der Waals surface area contributed by atoms with Crippen LogP contribution in [-0.2, 0) is 9.53 Å². The molecule has 1 aliphatic heterocycles. The summed E-state index contributed by atoms with van der Waals surface area (Å²) in [6, 6.07) is 3.75. The minimum absolute atomic E-state index is 0.0703. The summed E-state index contributed by atoms with van der Waals surface area (Å²) in [5, 5.41) is 2.99. The van der Waals surface area contributed by atoms with E-state index in [0.29, 0.717) is 13.2 Å². The molecule has 1 aliphatic rings. The van der Waals surface area contributed by atoms with Crippen molar-refractivity contribution in [3.8, 4) is 0 Å². The lowest BCUT2D eigenvalue weighted by Crippen LogP contribution is -2.35. The van der Waals surface area contributed by atoms with Gasteiger partial charge in [-0.05, 0) is 38.8 Å². The maximum Gasteiger partial charge on any atom is 0.223 e. The van der Waals surface area contributed by atoms with Crippen molar-refractivity contribution < 1.29 is 13.9 Å². The Morgan fingerprint density at radius 3 is 2.71 bits per heavy atom. The third-order valence-electron chi connectivity index (χ3n) is 3.14. The molecule has 17 heavy (non-hydrogen) atoms. The van der Waals surface area contributed by atoms with Crippen LogP contribution < -0.4 is 5.32 Å². The van der Waals surface area contributed by atoms with E-state index < -0.39 is 0 Å². The van der Waals surface area contributed by atoms with E-state index in [1.165, 1.54) is 0 Å². The predicted molar refractivity (Wildman–Crippen MR) is 63.5 cm³/mol. The van der Waals surface area contributed by atoms with Gasteiger partial charge >= 0.3 is 0 Å². The Morgan fingerprint density at radius 1 is 1.41 bits per heavy atom. The Kier molecular flexibility index (Phi) is 3.84. The van der Waals surface area contributed by atoms with Crippen LogP contribution >= 0.6 is 0 Å². The fraction of sp³-hybridized carbons (Fsp3) is 0.615.